The Hall–Kier alpha value is -2.86. The summed E-state index contributed by atoms with van der Waals surface area (Å²) in [6, 6.07) is 15.8. The Balaban J connectivity index is 1.54. The molecule has 2 heterocycles. The van der Waals surface area contributed by atoms with E-state index in [1.165, 1.54) is 0 Å². The topological polar surface area (TPSA) is 53.4 Å². The average molecular weight is 363 g/mol. The molecule has 0 spiro atoms. The van der Waals surface area contributed by atoms with Crippen molar-refractivity contribution in [3.05, 3.63) is 59.7 Å². The number of amides is 1. The summed E-state index contributed by atoms with van der Waals surface area (Å²) in [6.07, 6.45) is 0. The zero-order valence-corrected chi connectivity index (χ0v) is 15.9. The monoisotopic (exact) mass is 363 g/mol. The Morgan fingerprint density at radius 2 is 1.78 bits per heavy atom. The lowest BCUT2D eigenvalue weighted by molar-refractivity contribution is 0.0951. The number of nitrogens with one attached hydrogen (secondary N) is 1. The lowest BCUT2D eigenvalue weighted by Gasteiger charge is -2.32. The molecule has 1 amide bonds. The first-order chi connectivity index (χ1) is 13.1. The quantitative estimate of drug-likeness (QED) is 0.773. The van der Waals surface area contributed by atoms with E-state index in [1.54, 1.807) is 0 Å². The number of aromatic nitrogens is 2. The molecule has 27 heavy (non-hydrogen) atoms. The zero-order valence-electron chi connectivity index (χ0n) is 15.9. The number of aryl methyl sites for hydroxylation is 1. The van der Waals surface area contributed by atoms with Crippen molar-refractivity contribution in [2.45, 2.75) is 6.54 Å². The van der Waals surface area contributed by atoms with Crippen LogP contribution in [0.25, 0.3) is 10.9 Å². The van der Waals surface area contributed by atoms with Gasteiger partial charge in [-0.05, 0) is 30.8 Å². The van der Waals surface area contributed by atoms with Crippen molar-refractivity contribution in [1.29, 1.82) is 0 Å². The fourth-order valence-corrected chi connectivity index (χ4v) is 3.51. The van der Waals surface area contributed by atoms with E-state index >= 15 is 0 Å². The van der Waals surface area contributed by atoms with Crippen LogP contribution in [-0.2, 0) is 13.6 Å². The van der Waals surface area contributed by atoms with Crippen molar-refractivity contribution in [3.8, 4) is 0 Å². The van der Waals surface area contributed by atoms with Crippen molar-refractivity contribution in [2.24, 2.45) is 7.05 Å². The van der Waals surface area contributed by atoms with Crippen LogP contribution in [0.1, 0.15) is 15.9 Å². The maximum atomic E-state index is 12.6. The van der Waals surface area contributed by atoms with Gasteiger partial charge in [0.25, 0.3) is 5.91 Å². The van der Waals surface area contributed by atoms with Crippen LogP contribution in [0.5, 0.6) is 0 Å². The second-order valence-corrected chi connectivity index (χ2v) is 7.14. The van der Waals surface area contributed by atoms with E-state index in [1.807, 2.05) is 60.3 Å². The van der Waals surface area contributed by atoms with Gasteiger partial charge in [-0.1, -0.05) is 30.3 Å². The first-order valence-electron chi connectivity index (χ1n) is 9.34. The molecule has 4 rings (SSSR count). The molecule has 6 nitrogen and oxygen atoms in total. The fraction of sp³-hybridized carbons (Fsp3) is 0.333. The molecule has 0 unspecified atom stereocenters. The molecule has 0 atom stereocenters. The number of rotatable bonds is 4. The first-order valence-corrected chi connectivity index (χ1v) is 9.34. The van der Waals surface area contributed by atoms with Crippen molar-refractivity contribution in [2.75, 3.05) is 38.1 Å². The summed E-state index contributed by atoms with van der Waals surface area (Å²) in [5, 5.41) is 8.81. The normalized spacial score (nSPS) is 15.3. The van der Waals surface area contributed by atoms with E-state index < -0.39 is 0 Å². The molecule has 1 aliphatic heterocycles. The van der Waals surface area contributed by atoms with Gasteiger partial charge in [-0.3, -0.25) is 9.48 Å². The van der Waals surface area contributed by atoms with Gasteiger partial charge in [0.1, 0.15) is 0 Å². The van der Waals surface area contributed by atoms with Gasteiger partial charge in [0, 0.05) is 50.7 Å². The van der Waals surface area contributed by atoms with E-state index in [0.29, 0.717) is 12.1 Å². The highest BCUT2D eigenvalue weighted by Crippen LogP contribution is 2.27. The second-order valence-electron chi connectivity index (χ2n) is 7.14. The lowest BCUT2D eigenvalue weighted by atomic mass is 10.1. The Morgan fingerprint density at radius 3 is 2.52 bits per heavy atom. The van der Waals surface area contributed by atoms with Gasteiger partial charge < -0.3 is 15.1 Å². The number of hydrogen-bond acceptors (Lipinski definition) is 4. The van der Waals surface area contributed by atoms with Crippen LogP contribution >= 0.6 is 0 Å². The molecule has 1 aromatic heterocycles. The smallest absolute Gasteiger partial charge is 0.251 e. The minimum absolute atomic E-state index is 0.0666. The first kappa shape index (κ1) is 17.5. The third kappa shape index (κ3) is 3.66. The molecule has 0 radical (unpaired) electrons. The van der Waals surface area contributed by atoms with Crippen LogP contribution in [0.3, 0.4) is 0 Å². The molecule has 3 aromatic rings. The summed E-state index contributed by atoms with van der Waals surface area (Å²) in [5.74, 6) is 0.944. The minimum Gasteiger partial charge on any atom is -0.352 e. The van der Waals surface area contributed by atoms with Crippen LogP contribution in [0, 0.1) is 0 Å². The van der Waals surface area contributed by atoms with E-state index in [4.69, 9.17) is 5.10 Å². The number of hydrogen-bond donors (Lipinski definition) is 1. The fourth-order valence-electron chi connectivity index (χ4n) is 3.51. The van der Waals surface area contributed by atoms with E-state index in [9.17, 15) is 4.79 Å². The summed E-state index contributed by atoms with van der Waals surface area (Å²) in [7, 11) is 4.09. The second kappa shape index (κ2) is 7.40. The van der Waals surface area contributed by atoms with Crippen LogP contribution < -0.4 is 10.2 Å². The third-order valence-corrected chi connectivity index (χ3v) is 5.19. The maximum absolute atomic E-state index is 12.6. The van der Waals surface area contributed by atoms with Gasteiger partial charge in [-0.2, -0.15) is 5.10 Å². The highest BCUT2D eigenvalue weighted by molar-refractivity contribution is 6.00. The Morgan fingerprint density at radius 1 is 1.04 bits per heavy atom. The van der Waals surface area contributed by atoms with Crippen LogP contribution in [-0.4, -0.2) is 53.8 Å². The predicted molar refractivity (Wildman–Crippen MR) is 108 cm³/mol. The highest BCUT2D eigenvalue weighted by atomic mass is 16.1. The molecular formula is C21H25N5O. The number of piperazine rings is 1. The van der Waals surface area contributed by atoms with Crippen molar-refractivity contribution < 1.29 is 4.79 Å². The Kier molecular flexibility index (Phi) is 4.81. The summed E-state index contributed by atoms with van der Waals surface area (Å²) >= 11 is 0. The summed E-state index contributed by atoms with van der Waals surface area (Å²) in [6.45, 7) is 4.55. The number of fused-ring (bicyclic) bond motifs is 1. The van der Waals surface area contributed by atoms with Crippen molar-refractivity contribution in [1.82, 2.24) is 20.0 Å². The van der Waals surface area contributed by atoms with Gasteiger partial charge in [0.05, 0.1) is 5.52 Å². The largest absolute Gasteiger partial charge is 0.352 e. The number of benzene rings is 2. The molecule has 1 saturated heterocycles. The van der Waals surface area contributed by atoms with Gasteiger partial charge in [0.2, 0.25) is 0 Å². The number of likely N-dealkylation sites (N-methyl/N-ethyl adjacent to an activating group) is 1. The lowest BCUT2D eigenvalue weighted by Crippen LogP contribution is -2.44. The Labute approximate surface area is 159 Å². The summed E-state index contributed by atoms with van der Waals surface area (Å²) in [4.78, 5) is 17.2. The standard InChI is InChI=1S/C21H25N5O/c1-24-10-12-26(13-11-24)20-18-9-8-17(14-19(18)25(2)23-20)21(27)22-15-16-6-4-3-5-7-16/h3-9,14H,10-13,15H2,1-2H3,(H,22,27). The molecule has 1 fully saturated rings. The molecule has 140 valence electrons. The molecule has 0 aliphatic carbocycles. The number of carbonyl (C=O) groups is 1. The zero-order chi connectivity index (χ0) is 18.8. The van der Waals surface area contributed by atoms with Crippen LogP contribution in [0.4, 0.5) is 5.82 Å². The molecule has 1 aliphatic rings. The minimum atomic E-state index is -0.0666. The predicted octanol–water partition coefficient (Wildman–Crippen LogP) is 2.26. The number of anilines is 1. The van der Waals surface area contributed by atoms with Crippen LogP contribution in [0.2, 0.25) is 0 Å². The van der Waals surface area contributed by atoms with Gasteiger partial charge in [0.15, 0.2) is 5.82 Å². The molecule has 1 N–H and O–H groups in total. The number of nitrogens with zero attached hydrogens (tertiary/aromatic N) is 4. The van der Waals surface area contributed by atoms with Gasteiger partial charge >= 0.3 is 0 Å². The van der Waals surface area contributed by atoms with E-state index in [2.05, 4.69) is 22.2 Å². The van der Waals surface area contributed by atoms with Gasteiger partial charge in [-0.15, -0.1) is 0 Å². The molecule has 0 saturated carbocycles. The third-order valence-electron chi connectivity index (χ3n) is 5.19. The highest BCUT2D eigenvalue weighted by Gasteiger charge is 2.20. The summed E-state index contributed by atoms with van der Waals surface area (Å²) < 4.78 is 1.87. The molecule has 0 bridgehead atoms. The number of carbonyl (C=O) groups excluding carboxylic acids is 1. The SMILES string of the molecule is CN1CCN(c2nn(C)c3cc(C(=O)NCc4ccccc4)ccc23)CC1. The van der Waals surface area contributed by atoms with Crippen molar-refractivity contribution in [3.63, 3.8) is 0 Å². The molecular weight excluding hydrogens is 338 g/mol. The average Bonchev–Trinajstić information content (AvgIpc) is 3.03. The maximum Gasteiger partial charge on any atom is 0.251 e. The summed E-state index contributed by atoms with van der Waals surface area (Å²) in [5.41, 5.74) is 2.73. The Bertz CT molecular complexity index is 942. The van der Waals surface area contributed by atoms with Crippen LogP contribution in [0.15, 0.2) is 48.5 Å². The molecule has 6 heteroatoms. The van der Waals surface area contributed by atoms with E-state index in [-0.39, 0.29) is 5.91 Å². The van der Waals surface area contributed by atoms with Crippen molar-refractivity contribution >= 4 is 22.6 Å². The van der Waals surface area contributed by atoms with Gasteiger partial charge in [-0.25, -0.2) is 0 Å². The molecule has 2 aromatic carbocycles. The van der Waals surface area contributed by atoms with E-state index in [0.717, 1.165) is 48.5 Å².